The zero-order valence-electron chi connectivity index (χ0n) is 12.9. The Labute approximate surface area is 132 Å². The average molecular weight is 343 g/mol. The molecule has 0 saturated heterocycles. The number of carbonyl (C=O) groups excluding carboxylic acids is 1. The van der Waals surface area contributed by atoms with Gasteiger partial charge in [0, 0.05) is 26.8 Å². The zero-order valence-corrected chi connectivity index (χ0v) is 14.5. The molecule has 2 aromatic rings. The molecular weight excluding hydrogens is 326 g/mol. The maximum absolute atomic E-state index is 12.3. The maximum Gasteiger partial charge on any atom is 0.285 e. The third-order valence-corrected chi connectivity index (χ3v) is 6.21. The summed E-state index contributed by atoms with van der Waals surface area (Å²) in [5.41, 5.74) is 1.16. The Kier molecular flexibility index (Phi) is 4.25. The second-order valence-electron chi connectivity index (χ2n) is 4.99. The van der Waals surface area contributed by atoms with Gasteiger partial charge in [0.15, 0.2) is 15.0 Å². The summed E-state index contributed by atoms with van der Waals surface area (Å²) < 4.78 is 28.3. The summed E-state index contributed by atoms with van der Waals surface area (Å²) in [6.07, 6.45) is 0. The predicted octanol–water partition coefficient (Wildman–Crippen LogP) is 0.678. The Bertz CT molecular complexity index is 800. The molecule has 0 fully saturated rings. The van der Waals surface area contributed by atoms with E-state index in [0.717, 1.165) is 17.0 Å². The Morgan fingerprint density at radius 2 is 2.00 bits per heavy atom. The van der Waals surface area contributed by atoms with Crippen LogP contribution in [0.2, 0.25) is 0 Å². The van der Waals surface area contributed by atoms with E-state index < -0.39 is 15.9 Å². The van der Waals surface area contributed by atoms with Crippen molar-refractivity contribution in [3.05, 3.63) is 23.1 Å². The lowest BCUT2D eigenvalue weighted by Crippen LogP contribution is -2.30. The van der Waals surface area contributed by atoms with Crippen molar-refractivity contribution in [1.82, 2.24) is 19.5 Å². The molecule has 1 N–H and O–H groups in total. The van der Waals surface area contributed by atoms with Crippen LogP contribution in [0.3, 0.4) is 0 Å². The number of amides is 1. The number of rotatable bonds is 4. The minimum Gasteiger partial charge on any atom is -0.354 e. The Balaban J connectivity index is 2.29. The van der Waals surface area contributed by atoms with Gasteiger partial charge in [-0.15, -0.1) is 0 Å². The number of nitrogens with zero attached hydrogens (tertiary/aromatic N) is 4. The number of anilines is 1. The van der Waals surface area contributed by atoms with Crippen molar-refractivity contribution in [3.63, 3.8) is 0 Å². The van der Waals surface area contributed by atoms with Gasteiger partial charge in [-0.05, 0) is 19.9 Å². The van der Waals surface area contributed by atoms with Crippen LogP contribution in [0.1, 0.15) is 21.9 Å². The molecule has 22 heavy (non-hydrogen) atoms. The van der Waals surface area contributed by atoms with E-state index in [1.54, 1.807) is 39.9 Å². The first-order valence-corrected chi connectivity index (χ1v) is 8.64. The van der Waals surface area contributed by atoms with Crippen molar-refractivity contribution >= 4 is 32.4 Å². The van der Waals surface area contributed by atoms with Crippen LogP contribution < -0.4 is 9.62 Å². The topological polar surface area (TPSA) is 97.2 Å². The van der Waals surface area contributed by atoms with Crippen LogP contribution in [-0.2, 0) is 17.1 Å². The van der Waals surface area contributed by atoms with Crippen LogP contribution in [0, 0.1) is 13.8 Å². The highest BCUT2D eigenvalue weighted by Gasteiger charge is 2.26. The molecule has 120 valence electrons. The molecule has 0 aliphatic carbocycles. The Morgan fingerprint density at radius 3 is 2.45 bits per heavy atom. The highest BCUT2D eigenvalue weighted by atomic mass is 32.2. The second-order valence-corrected chi connectivity index (χ2v) is 7.85. The van der Waals surface area contributed by atoms with Crippen molar-refractivity contribution in [2.75, 3.05) is 19.0 Å². The fraction of sp³-hybridized carbons (Fsp3) is 0.417. The van der Waals surface area contributed by atoms with Crippen molar-refractivity contribution in [3.8, 4) is 0 Å². The average Bonchev–Trinajstić information content (AvgIpc) is 2.94. The van der Waals surface area contributed by atoms with Gasteiger partial charge in [-0.25, -0.2) is 18.1 Å². The van der Waals surface area contributed by atoms with Gasteiger partial charge in [-0.3, -0.25) is 9.48 Å². The van der Waals surface area contributed by atoms with E-state index in [4.69, 9.17) is 0 Å². The van der Waals surface area contributed by atoms with Gasteiger partial charge in [0.05, 0.1) is 5.69 Å². The van der Waals surface area contributed by atoms with Crippen molar-refractivity contribution in [2.45, 2.75) is 18.1 Å². The van der Waals surface area contributed by atoms with Gasteiger partial charge >= 0.3 is 0 Å². The molecule has 0 radical (unpaired) electrons. The van der Waals surface area contributed by atoms with Gasteiger partial charge in [0.1, 0.15) is 0 Å². The van der Waals surface area contributed by atoms with Crippen LogP contribution >= 0.6 is 11.3 Å². The molecule has 2 aromatic heterocycles. The van der Waals surface area contributed by atoms with Gasteiger partial charge in [-0.2, -0.15) is 5.10 Å². The fourth-order valence-corrected chi connectivity index (χ4v) is 4.09. The molecular formula is C12H17N5O3S2. The van der Waals surface area contributed by atoms with Gasteiger partial charge in [-0.1, -0.05) is 11.3 Å². The normalized spacial score (nSPS) is 11.5. The summed E-state index contributed by atoms with van der Waals surface area (Å²) in [5.74, 6) is -0.761. The molecule has 0 aliphatic heterocycles. The number of aryl methyl sites for hydroxylation is 3. The molecule has 10 heteroatoms. The third-order valence-electron chi connectivity index (χ3n) is 2.94. The Hall–Kier alpha value is -1.94. The summed E-state index contributed by atoms with van der Waals surface area (Å²) in [5, 5.41) is 4.52. The highest BCUT2D eigenvalue weighted by molar-refractivity contribution is 7.92. The van der Waals surface area contributed by atoms with Crippen LogP contribution in [0.4, 0.5) is 5.13 Å². The van der Waals surface area contributed by atoms with E-state index in [1.807, 2.05) is 4.72 Å². The van der Waals surface area contributed by atoms with Crippen molar-refractivity contribution < 1.29 is 13.2 Å². The van der Waals surface area contributed by atoms with E-state index in [1.165, 1.54) is 10.7 Å². The first-order valence-electron chi connectivity index (χ1n) is 6.34. The SMILES string of the molecule is Cc1nc(N(C)C)sc1S(=O)(=O)NC(=O)c1cc(C)n(C)n1. The molecule has 1 amide bonds. The van der Waals surface area contributed by atoms with Gasteiger partial charge in [0.2, 0.25) is 0 Å². The third kappa shape index (κ3) is 3.12. The minimum absolute atomic E-state index is 0.0252. The number of carbonyl (C=O) groups is 1. The lowest BCUT2D eigenvalue weighted by molar-refractivity contribution is 0.0976. The van der Waals surface area contributed by atoms with E-state index in [2.05, 4.69) is 10.1 Å². The Morgan fingerprint density at radius 1 is 1.36 bits per heavy atom. The maximum atomic E-state index is 12.3. The van der Waals surface area contributed by atoms with E-state index in [9.17, 15) is 13.2 Å². The molecule has 0 unspecified atom stereocenters. The minimum atomic E-state index is -3.97. The standard InChI is InChI=1S/C12H17N5O3S2/c1-7-6-9(14-17(7)5)10(18)15-22(19,20)11-8(2)13-12(21-11)16(3)4/h6H,1-5H3,(H,15,18). The molecule has 0 spiro atoms. The van der Waals surface area contributed by atoms with E-state index in [0.29, 0.717) is 10.8 Å². The van der Waals surface area contributed by atoms with E-state index >= 15 is 0 Å². The van der Waals surface area contributed by atoms with Crippen LogP contribution in [0.15, 0.2) is 10.3 Å². The van der Waals surface area contributed by atoms with Crippen LogP contribution in [0.5, 0.6) is 0 Å². The smallest absolute Gasteiger partial charge is 0.285 e. The van der Waals surface area contributed by atoms with Crippen molar-refractivity contribution in [2.24, 2.45) is 7.05 Å². The summed E-state index contributed by atoms with van der Waals surface area (Å²) in [6.45, 7) is 3.36. The summed E-state index contributed by atoms with van der Waals surface area (Å²) in [6, 6.07) is 1.52. The van der Waals surface area contributed by atoms with Gasteiger partial charge in [0.25, 0.3) is 15.9 Å². The summed E-state index contributed by atoms with van der Waals surface area (Å²) >= 11 is 1.01. The number of thiazole rings is 1. The largest absolute Gasteiger partial charge is 0.354 e. The lowest BCUT2D eigenvalue weighted by Gasteiger charge is -2.05. The molecule has 0 atom stereocenters. The van der Waals surface area contributed by atoms with E-state index in [-0.39, 0.29) is 9.90 Å². The van der Waals surface area contributed by atoms with Crippen LogP contribution in [0.25, 0.3) is 0 Å². The number of nitrogens with one attached hydrogen (secondary N) is 1. The first kappa shape index (κ1) is 16.4. The second kappa shape index (κ2) is 5.69. The fourth-order valence-electron chi connectivity index (χ4n) is 1.70. The summed E-state index contributed by atoms with van der Waals surface area (Å²) in [4.78, 5) is 17.9. The molecule has 0 aromatic carbocycles. The van der Waals surface area contributed by atoms with Gasteiger partial charge < -0.3 is 4.90 Å². The zero-order chi connectivity index (χ0) is 16.7. The molecule has 0 aliphatic rings. The number of hydrogen-bond donors (Lipinski definition) is 1. The molecule has 8 nitrogen and oxygen atoms in total. The first-order chi connectivity index (χ1) is 10.1. The number of aromatic nitrogens is 3. The number of hydrogen-bond acceptors (Lipinski definition) is 7. The van der Waals surface area contributed by atoms with Crippen LogP contribution in [-0.4, -0.2) is 43.2 Å². The highest BCUT2D eigenvalue weighted by Crippen LogP contribution is 2.28. The summed E-state index contributed by atoms with van der Waals surface area (Å²) in [7, 11) is 1.24. The van der Waals surface area contributed by atoms with Crippen molar-refractivity contribution in [1.29, 1.82) is 0 Å². The predicted molar refractivity (Wildman–Crippen MR) is 83.8 cm³/mol. The monoisotopic (exact) mass is 343 g/mol. The molecule has 2 heterocycles. The quantitative estimate of drug-likeness (QED) is 0.877. The molecule has 0 saturated carbocycles. The molecule has 0 bridgehead atoms. The lowest BCUT2D eigenvalue weighted by atomic mass is 10.4. The molecule has 2 rings (SSSR count). The number of sulfonamides is 1.